The second kappa shape index (κ2) is 7.85. The summed E-state index contributed by atoms with van der Waals surface area (Å²) in [7, 11) is -0.897. The molecule has 0 aliphatic rings. The van der Waals surface area contributed by atoms with Gasteiger partial charge in [-0.15, -0.1) is 0 Å². The lowest BCUT2D eigenvalue weighted by Crippen LogP contribution is -1.95. The molecule has 4 heteroatoms. The van der Waals surface area contributed by atoms with E-state index in [4.69, 9.17) is 0 Å². The monoisotopic (exact) mass is 445 g/mol. The first-order valence-electron chi connectivity index (χ1n) is 10.7. The summed E-state index contributed by atoms with van der Waals surface area (Å²) in [5.41, 5.74) is 5.97. The van der Waals surface area contributed by atoms with Crippen LogP contribution in [-0.4, -0.2) is 23.3 Å². The van der Waals surface area contributed by atoms with E-state index < -0.39 is 10.0 Å². The Morgan fingerprint density at radius 2 is 1.27 bits per heavy atom. The third-order valence-corrected chi connectivity index (χ3v) is 7.72. The standard InChI is InChI=1S/C29H23N3S/c1-33(2,3)24-13-15-28-26(17-24)25-16-20(29-21(18-30)8-7-9-22(29)19-31)12-14-27(25)32(28)23-10-5-4-6-11-23/h4-17H,1-3H3. The van der Waals surface area contributed by atoms with Crippen molar-refractivity contribution in [3.8, 4) is 29.0 Å². The second-order valence-corrected chi connectivity index (χ2v) is 13.0. The molecule has 0 bridgehead atoms. The number of aromatic nitrogens is 1. The minimum Gasteiger partial charge on any atom is -0.309 e. The number of rotatable bonds is 3. The van der Waals surface area contributed by atoms with Crippen LogP contribution in [0.3, 0.4) is 0 Å². The van der Waals surface area contributed by atoms with E-state index in [9.17, 15) is 10.5 Å². The van der Waals surface area contributed by atoms with Gasteiger partial charge in [0.05, 0.1) is 34.3 Å². The molecule has 0 atom stereocenters. The molecule has 0 saturated heterocycles. The van der Waals surface area contributed by atoms with Crippen LogP contribution in [0.4, 0.5) is 0 Å². The Balaban J connectivity index is 1.89. The number of fused-ring (bicyclic) bond motifs is 3. The molecule has 0 spiro atoms. The molecule has 5 aromatic rings. The van der Waals surface area contributed by atoms with Crippen molar-refractivity contribution in [3.05, 3.63) is 96.1 Å². The highest BCUT2D eigenvalue weighted by molar-refractivity contribution is 8.32. The molecule has 0 radical (unpaired) electrons. The number of benzene rings is 4. The van der Waals surface area contributed by atoms with Crippen molar-refractivity contribution >= 4 is 31.8 Å². The fraction of sp³-hybridized carbons (Fsp3) is 0.103. The molecule has 3 nitrogen and oxygen atoms in total. The molecule has 5 rings (SSSR count). The molecule has 0 saturated carbocycles. The molecule has 0 aliphatic carbocycles. The van der Waals surface area contributed by atoms with Gasteiger partial charge in [0, 0.05) is 22.0 Å². The number of para-hydroxylation sites is 1. The van der Waals surface area contributed by atoms with E-state index in [1.54, 1.807) is 18.2 Å². The Kier molecular flexibility index (Phi) is 4.97. The van der Waals surface area contributed by atoms with Gasteiger partial charge in [-0.25, -0.2) is 10.0 Å². The third-order valence-electron chi connectivity index (χ3n) is 6.05. The van der Waals surface area contributed by atoms with E-state index in [0.717, 1.165) is 27.7 Å². The van der Waals surface area contributed by atoms with Gasteiger partial charge >= 0.3 is 0 Å². The molecule has 1 aromatic heterocycles. The highest BCUT2D eigenvalue weighted by Gasteiger charge is 2.18. The van der Waals surface area contributed by atoms with Gasteiger partial charge in [0.1, 0.15) is 0 Å². The second-order valence-electron chi connectivity index (χ2n) is 8.87. The molecule has 0 unspecified atom stereocenters. The maximum absolute atomic E-state index is 9.70. The molecule has 0 N–H and O–H groups in total. The zero-order valence-electron chi connectivity index (χ0n) is 18.8. The lowest BCUT2D eigenvalue weighted by Gasteiger charge is -2.25. The lowest BCUT2D eigenvalue weighted by molar-refractivity contribution is 1.18. The number of nitrogens with zero attached hydrogens (tertiary/aromatic N) is 3. The average Bonchev–Trinajstić information content (AvgIpc) is 3.16. The van der Waals surface area contributed by atoms with Crippen molar-refractivity contribution in [1.82, 2.24) is 4.57 Å². The topological polar surface area (TPSA) is 52.5 Å². The van der Waals surface area contributed by atoms with Crippen molar-refractivity contribution < 1.29 is 0 Å². The predicted octanol–water partition coefficient (Wildman–Crippen LogP) is 7.25. The Labute approximate surface area is 195 Å². The quantitative estimate of drug-likeness (QED) is 0.294. The van der Waals surface area contributed by atoms with Crippen LogP contribution in [0.1, 0.15) is 11.1 Å². The van der Waals surface area contributed by atoms with Gasteiger partial charge in [-0.3, -0.25) is 0 Å². The van der Waals surface area contributed by atoms with Gasteiger partial charge in [-0.2, -0.15) is 10.5 Å². The summed E-state index contributed by atoms with van der Waals surface area (Å²) in [5, 5.41) is 21.7. The molecule has 160 valence electrons. The fourth-order valence-electron chi connectivity index (χ4n) is 4.44. The minimum atomic E-state index is -0.897. The Bertz CT molecular complexity index is 1580. The van der Waals surface area contributed by atoms with Crippen LogP contribution < -0.4 is 0 Å². The van der Waals surface area contributed by atoms with Gasteiger partial charge in [0.15, 0.2) is 0 Å². The summed E-state index contributed by atoms with van der Waals surface area (Å²) in [6, 6.07) is 33.2. The molecule has 0 aliphatic heterocycles. The first-order chi connectivity index (χ1) is 15.9. The molecule has 33 heavy (non-hydrogen) atoms. The van der Waals surface area contributed by atoms with Crippen LogP contribution in [-0.2, 0) is 0 Å². The van der Waals surface area contributed by atoms with Gasteiger partial charge in [-0.05, 0) is 83.8 Å². The van der Waals surface area contributed by atoms with E-state index in [0.29, 0.717) is 16.7 Å². The molecular weight excluding hydrogens is 422 g/mol. The van der Waals surface area contributed by atoms with Crippen LogP contribution in [0.25, 0.3) is 38.6 Å². The highest BCUT2D eigenvalue weighted by atomic mass is 32.3. The Morgan fingerprint density at radius 1 is 0.667 bits per heavy atom. The van der Waals surface area contributed by atoms with Crippen LogP contribution in [0.5, 0.6) is 0 Å². The summed E-state index contributed by atoms with van der Waals surface area (Å²) in [5.74, 6) is 0. The van der Waals surface area contributed by atoms with Crippen molar-refractivity contribution in [1.29, 1.82) is 10.5 Å². The summed E-state index contributed by atoms with van der Waals surface area (Å²) in [6.45, 7) is 0. The Morgan fingerprint density at radius 3 is 1.88 bits per heavy atom. The predicted molar refractivity (Wildman–Crippen MR) is 139 cm³/mol. The molecular formula is C29H23N3S. The van der Waals surface area contributed by atoms with Crippen molar-refractivity contribution in [3.63, 3.8) is 0 Å². The molecule has 0 amide bonds. The Hall–Kier alpha value is -3.99. The molecule has 4 aromatic carbocycles. The highest BCUT2D eigenvalue weighted by Crippen LogP contribution is 2.47. The summed E-state index contributed by atoms with van der Waals surface area (Å²) < 4.78 is 2.29. The summed E-state index contributed by atoms with van der Waals surface area (Å²) >= 11 is 0. The van der Waals surface area contributed by atoms with Crippen LogP contribution in [0.15, 0.2) is 89.8 Å². The van der Waals surface area contributed by atoms with Gasteiger partial charge < -0.3 is 4.57 Å². The maximum atomic E-state index is 9.70. The van der Waals surface area contributed by atoms with Gasteiger partial charge in [-0.1, -0.05) is 30.3 Å². The lowest BCUT2D eigenvalue weighted by atomic mass is 9.94. The SMILES string of the molecule is CS(C)(C)c1ccc2c(c1)c1cc(-c3c(C#N)cccc3C#N)ccc1n2-c1ccccc1. The van der Waals surface area contributed by atoms with Crippen molar-refractivity contribution in [2.24, 2.45) is 0 Å². The summed E-state index contributed by atoms with van der Waals surface area (Å²) in [6.07, 6.45) is 6.91. The smallest absolute Gasteiger partial charge is 0.0998 e. The average molecular weight is 446 g/mol. The number of nitriles is 2. The van der Waals surface area contributed by atoms with Crippen molar-refractivity contribution in [2.75, 3.05) is 18.8 Å². The van der Waals surface area contributed by atoms with Crippen LogP contribution in [0.2, 0.25) is 0 Å². The normalized spacial score (nSPS) is 11.9. The zero-order valence-corrected chi connectivity index (χ0v) is 19.6. The zero-order chi connectivity index (χ0) is 23.2. The van der Waals surface area contributed by atoms with Gasteiger partial charge in [0.2, 0.25) is 0 Å². The minimum absolute atomic E-state index is 0.514. The molecule has 1 heterocycles. The first kappa shape index (κ1) is 20.9. The largest absolute Gasteiger partial charge is 0.309 e. The third kappa shape index (κ3) is 3.46. The number of hydrogen-bond donors (Lipinski definition) is 0. The van der Waals surface area contributed by atoms with E-state index in [1.807, 2.05) is 12.1 Å². The first-order valence-corrected chi connectivity index (χ1v) is 13.5. The van der Waals surface area contributed by atoms with E-state index in [1.165, 1.54) is 10.3 Å². The van der Waals surface area contributed by atoms with Crippen LogP contribution in [0, 0.1) is 22.7 Å². The van der Waals surface area contributed by atoms with Crippen molar-refractivity contribution in [2.45, 2.75) is 4.90 Å². The number of hydrogen-bond acceptors (Lipinski definition) is 2. The molecule has 0 fully saturated rings. The van der Waals surface area contributed by atoms with E-state index in [2.05, 4.69) is 90.1 Å². The fourth-order valence-corrected chi connectivity index (χ4v) is 5.39. The van der Waals surface area contributed by atoms with Gasteiger partial charge in [0.25, 0.3) is 0 Å². The summed E-state index contributed by atoms with van der Waals surface area (Å²) in [4.78, 5) is 1.35. The van der Waals surface area contributed by atoms with E-state index in [-0.39, 0.29) is 0 Å². The van der Waals surface area contributed by atoms with Crippen LogP contribution >= 0.6 is 10.0 Å². The van der Waals surface area contributed by atoms with E-state index >= 15 is 0 Å². The maximum Gasteiger partial charge on any atom is 0.0998 e.